The smallest absolute Gasteiger partial charge is 0.309 e. The van der Waals surface area contributed by atoms with Crippen molar-refractivity contribution in [2.75, 3.05) is 13.1 Å². The van der Waals surface area contributed by atoms with Gasteiger partial charge in [0.25, 0.3) is 5.91 Å². The molecule has 0 saturated carbocycles. The number of hydrazone groups is 1. The number of nitrogens with zero attached hydrogens (tertiary/aromatic N) is 2. The zero-order chi connectivity index (χ0) is 15.5. The number of carboxylic acid groups (broad SMARTS) is 1. The van der Waals surface area contributed by atoms with Crippen molar-refractivity contribution < 1.29 is 19.5 Å². The fourth-order valence-electron chi connectivity index (χ4n) is 3.00. The standard InChI is InChI=1S/C14H21N3O4/c1-2-5-14(13(20)21)6-8-17(9-7-14)12(19)10-3-4-11(18)16-15-10/h2-9H2,1H3,(H,16,18)(H,20,21). The van der Waals surface area contributed by atoms with Crippen LogP contribution >= 0.6 is 0 Å². The van der Waals surface area contributed by atoms with E-state index in [2.05, 4.69) is 10.5 Å². The van der Waals surface area contributed by atoms with Gasteiger partial charge in [-0.2, -0.15) is 5.10 Å². The predicted molar refractivity (Wildman–Crippen MR) is 75.6 cm³/mol. The van der Waals surface area contributed by atoms with Gasteiger partial charge in [0.2, 0.25) is 5.91 Å². The summed E-state index contributed by atoms with van der Waals surface area (Å²) in [5, 5.41) is 13.3. The maximum atomic E-state index is 12.3. The summed E-state index contributed by atoms with van der Waals surface area (Å²) in [5.41, 5.74) is 1.97. The van der Waals surface area contributed by atoms with Crippen molar-refractivity contribution in [1.29, 1.82) is 0 Å². The lowest BCUT2D eigenvalue weighted by molar-refractivity contribution is -0.154. The Bertz CT molecular complexity index is 479. The first kappa shape index (κ1) is 15.5. The van der Waals surface area contributed by atoms with E-state index in [0.29, 0.717) is 44.5 Å². The molecular weight excluding hydrogens is 274 g/mol. The minimum Gasteiger partial charge on any atom is -0.481 e. The van der Waals surface area contributed by atoms with Crippen LogP contribution in [0.25, 0.3) is 0 Å². The van der Waals surface area contributed by atoms with Gasteiger partial charge in [-0.05, 0) is 19.3 Å². The molecule has 0 aromatic heterocycles. The summed E-state index contributed by atoms with van der Waals surface area (Å²) in [6.07, 6.45) is 3.02. The lowest BCUT2D eigenvalue weighted by atomic mass is 9.75. The Kier molecular flexibility index (Phi) is 4.59. The molecule has 2 amide bonds. The molecule has 21 heavy (non-hydrogen) atoms. The van der Waals surface area contributed by atoms with Crippen LogP contribution in [0.5, 0.6) is 0 Å². The summed E-state index contributed by atoms with van der Waals surface area (Å²) in [4.78, 5) is 36.5. The van der Waals surface area contributed by atoms with Crippen LogP contribution in [0, 0.1) is 5.41 Å². The number of hydrogen-bond acceptors (Lipinski definition) is 4. The number of nitrogens with one attached hydrogen (secondary N) is 1. The zero-order valence-corrected chi connectivity index (χ0v) is 12.2. The molecule has 7 nitrogen and oxygen atoms in total. The highest BCUT2D eigenvalue weighted by molar-refractivity contribution is 6.39. The molecule has 7 heteroatoms. The van der Waals surface area contributed by atoms with Gasteiger partial charge in [0, 0.05) is 25.9 Å². The number of aliphatic carboxylic acids is 1. The quantitative estimate of drug-likeness (QED) is 0.799. The SMILES string of the molecule is CCCC1(C(=O)O)CCN(C(=O)C2=NNC(=O)CC2)CC1. The number of rotatable bonds is 4. The van der Waals surface area contributed by atoms with Crippen LogP contribution in [-0.2, 0) is 14.4 Å². The number of carbonyl (C=O) groups excluding carboxylic acids is 2. The number of likely N-dealkylation sites (tertiary alicyclic amines) is 1. The summed E-state index contributed by atoms with van der Waals surface area (Å²) in [6.45, 7) is 2.83. The van der Waals surface area contributed by atoms with Crippen LogP contribution in [0.15, 0.2) is 5.10 Å². The molecule has 2 aliphatic heterocycles. The van der Waals surface area contributed by atoms with Gasteiger partial charge < -0.3 is 10.0 Å². The summed E-state index contributed by atoms with van der Waals surface area (Å²) < 4.78 is 0. The second-order valence-electron chi connectivity index (χ2n) is 5.72. The number of hydrogen-bond donors (Lipinski definition) is 2. The second-order valence-corrected chi connectivity index (χ2v) is 5.72. The molecule has 2 N–H and O–H groups in total. The number of amides is 2. The third kappa shape index (κ3) is 3.22. The highest BCUT2D eigenvalue weighted by Crippen LogP contribution is 2.36. The van der Waals surface area contributed by atoms with Crippen LogP contribution in [0.4, 0.5) is 0 Å². The van der Waals surface area contributed by atoms with E-state index in [1.54, 1.807) is 4.90 Å². The Hall–Kier alpha value is -1.92. The Morgan fingerprint density at radius 2 is 2.00 bits per heavy atom. The van der Waals surface area contributed by atoms with Crippen LogP contribution in [-0.4, -0.2) is 46.6 Å². The number of piperidine rings is 1. The number of carboxylic acids is 1. The summed E-state index contributed by atoms with van der Waals surface area (Å²) in [7, 11) is 0. The van der Waals surface area contributed by atoms with Crippen molar-refractivity contribution in [3.8, 4) is 0 Å². The van der Waals surface area contributed by atoms with E-state index < -0.39 is 11.4 Å². The van der Waals surface area contributed by atoms with Crippen molar-refractivity contribution >= 4 is 23.5 Å². The average molecular weight is 295 g/mol. The van der Waals surface area contributed by atoms with Crippen molar-refractivity contribution in [3.05, 3.63) is 0 Å². The summed E-state index contributed by atoms with van der Waals surface area (Å²) >= 11 is 0. The Morgan fingerprint density at radius 1 is 1.33 bits per heavy atom. The average Bonchev–Trinajstić information content (AvgIpc) is 2.48. The van der Waals surface area contributed by atoms with Crippen molar-refractivity contribution in [1.82, 2.24) is 10.3 Å². The molecule has 2 aliphatic rings. The first-order chi connectivity index (χ1) is 9.98. The molecule has 0 aromatic rings. The van der Waals surface area contributed by atoms with Gasteiger partial charge in [-0.15, -0.1) is 0 Å². The van der Waals surface area contributed by atoms with E-state index >= 15 is 0 Å². The van der Waals surface area contributed by atoms with Crippen molar-refractivity contribution in [2.45, 2.75) is 45.4 Å². The third-order valence-electron chi connectivity index (χ3n) is 4.34. The largest absolute Gasteiger partial charge is 0.481 e. The van der Waals surface area contributed by atoms with E-state index in [1.807, 2.05) is 6.92 Å². The molecule has 0 unspecified atom stereocenters. The fraction of sp³-hybridized carbons (Fsp3) is 0.714. The molecule has 0 radical (unpaired) electrons. The van der Waals surface area contributed by atoms with E-state index in [0.717, 1.165) is 6.42 Å². The van der Waals surface area contributed by atoms with Crippen LogP contribution < -0.4 is 5.43 Å². The Balaban J connectivity index is 1.98. The molecule has 1 fully saturated rings. The molecular formula is C14H21N3O4. The van der Waals surface area contributed by atoms with E-state index in [-0.39, 0.29) is 18.2 Å². The molecule has 116 valence electrons. The maximum absolute atomic E-state index is 12.3. The molecule has 0 aliphatic carbocycles. The lowest BCUT2D eigenvalue weighted by Gasteiger charge is -2.39. The Morgan fingerprint density at radius 3 is 2.48 bits per heavy atom. The normalized spacial score (nSPS) is 21.5. The first-order valence-corrected chi connectivity index (χ1v) is 7.36. The van der Waals surface area contributed by atoms with Crippen LogP contribution in [0.1, 0.15) is 45.4 Å². The molecule has 1 saturated heterocycles. The lowest BCUT2D eigenvalue weighted by Crippen LogP contribution is -2.49. The molecule has 0 spiro atoms. The molecule has 2 heterocycles. The monoisotopic (exact) mass is 295 g/mol. The van der Waals surface area contributed by atoms with Gasteiger partial charge in [0.15, 0.2) is 0 Å². The zero-order valence-electron chi connectivity index (χ0n) is 12.2. The Labute approximate surface area is 123 Å². The van der Waals surface area contributed by atoms with Gasteiger partial charge in [-0.3, -0.25) is 14.4 Å². The predicted octanol–water partition coefficient (Wildman–Crippen LogP) is 0.746. The van der Waals surface area contributed by atoms with Crippen molar-refractivity contribution in [3.63, 3.8) is 0 Å². The molecule has 2 rings (SSSR count). The minimum absolute atomic E-state index is 0.182. The van der Waals surface area contributed by atoms with E-state index in [1.165, 1.54) is 0 Å². The molecule has 0 atom stereocenters. The third-order valence-corrected chi connectivity index (χ3v) is 4.34. The van der Waals surface area contributed by atoms with E-state index in [4.69, 9.17) is 0 Å². The fourth-order valence-corrected chi connectivity index (χ4v) is 3.00. The molecule has 0 aromatic carbocycles. The summed E-state index contributed by atoms with van der Waals surface area (Å²) in [5.74, 6) is -1.14. The maximum Gasteiger partial charge on any atom is 0.309 e. The van der Waals surface area contributed by atoms with Gasteiger partial charge in [-0.1, -0.05) is 13.3 Å². The van der Waals surface area contributed by atoms with Gasteiger partial charge in [0.1, 0.15) is 5.71 Å². The van der Waals surface area contributed by atoms with Crippen molar-refractivity contribution in [2.24, 2.45) is 10.5 Å². The minimum atomic E-state index is -0.765. The van der Waals surface area contributed by atoms with Gasteiger partial charge in [0.05, 0.1) is 5.41 Å². The second kappa shape index (κ2) is 6.24. The first-order valence-electron chi connectivity index (χ1n) is 7.36. The van der Waals surface area contributed by atoms with E-state index in [9.17, 15) is 19.5 Å². The van der Waals surface area contributed by atoms with Crippen LogP contribution in [0.3, 0.4) is 0 Å². The summed E-state index contributed by atoms with van der Waals surface area (Å²) in [6, 6.07) is 0. The topological polar surface area (TPSA) is 99.1 Å². The van der Waals surface area contributed by atoms with Crippen LogP contribution in [0.2, 0.25) is 0 Å². The number of carbonyl (C=O) groups is 3. The highest BCUT2D eigenvalue weighted by atomic mass is 16.4. The highest BCUT2D eigenvalue weighted by Gasteiger charge is 2.42. The molecule has 0 bridgehead atoms. The van der Waals surface area contributed by atoms with Gasteiger partial charge in [-0.25, -0.2) is 5.43 Å². The van der Waals surface area contributed by atoms with Gasteiger partial charge >= 0.3 is 5.97 Å².